The number of phenolic OH excluding ortho intramolecular Hbond substituents is 1. The average Bonchev–Trinajstić information content (AvgIpc) is 2.90. The van der Waals surface area contributed by atoms with Crippen LogP contribution in [-0.4, -0.2) is 35.3 Å². The zero-order chi connectivity index (χ0) is 17.7. The van der Waals surface area contributed by atoms with Crippen LogP contribution >= 0.6 is 22.6 Å². The van der Waals surface area contributed by atoms with Crippen LogP contribution in [0.5, 0.6) is 11.5 Å². The summed E-state index contributed by atoms with van der Waals surface area (Å²) in [6.45, 7) is 0. The maximum Gasteiger partial charge on any atom is 0.254 e. The van der Waals surface area contributed by atoms with Gasteiger partial charge >= 0.3 is 0 Å². The van der Waals surface area contributed by atoms with Gasteiger partial charge in [-0.05, 0) is 65.0 Å². The number of methoxy groups -OCH3 is 1. The molecule has 5 rings (SSSR count). The molecule has 0 radical (unpaired) electrons. The van der Waals surface area contributed by atoms with E-state index in [1.165, 1.54) is 13.3 Å². The second-order valence-corrected chi connectivity index (χ2v) is 7.79. The number of ether oxygens (including phenoxy) is 1. The number of nitrogens with zero attached hydrogens (tertiary/aromatic N) is 2. The highest BCUT2D eigenvalue weighted by molar-refractivity contribution is 14.1. The van der Waals surface area contributed by atoms with E-state index in [-0.39, 0.29) is 41.2 Å². The summed E-state index contributed by atoms with van der Waals surface area (Å²) in [5.74, 6) is -0.240. The number of amides is 2. The summed E-state index contributed by atoms with van der Waals surface area (Å²) in [4.78, 5) is 25.4. The van der Waals surface area contributed by atoms with E-state index in [9.17, 15) is 14.7 Å². The number of phenols is 1. The van der Waals surface area contributed by atoms with Crippen molar-refractivity contribution >= 4 is 40.6 Å². The van der Waals surface area contributed by atoms with Crippen molar-refractivity contribution in [2.24, 2.45) is 28.8 Å². The molecule has 1 saturated heterocycles. The molecule has 1 aliphatic heterocycles. The van der Waals surface area contributed by atoms with Gasteiger partial charge in [0, 0.05) is 0 Å². The molecule has 0 aromatic heterocycles. The predicted molar refractivity (Wildman–Crippen MR) is 99.2 cm³/mol. The Kier molecular flexibility index (Phi) is 4.05. The van der Waals surface area contributed by atoms with Crippen LogP contribution in [-0.2, 0) is 9.59 Å². The van der Waals surface area contributed by atoms with Crippen LogP contribution in [0.3, 0.4) is 0 Å². The molecule has 7 heteroatoms. The van der Waals surface area contributed by atoms with Crippen molar-refractivity contribution in [3.8, 4) is 11.5 Å². The third-order valence-corrected chi connectivity index (χ3v) is 6.15. The van der Waals surface area contributed by atoms with Crippen LogP contribution in [0.2, 0.25) is 0 Å². The van der Waals surface area contributed by atoms with E-state index in [1.807, 2.05) is 22.6 Å². The Balaban J connectivity index is 1.62. The number of rotatable bonds is 3. The zero-order valence-electron chi connectivity index (χ0n) is 13.6. The van der Waals surface area contributed by atoms with Gasteiger partial charge in [0.1, 0.15) is 0 Å². The Hall–Kier alpha value is -1.90. The highest BCUT2D eigenvalue weighted by Gasteiger charge is 2.56. The van der Waals surface area contributed by atoms with E-state index in [2.05, 4.69) is 17.3 Å². The van der Waals surface area contributed by atoms with Gasteiger partial charge in [-0.2, -0.15) is 10.1 Å². The van der Waals surface area contributed by atoms with Gasteiger partial charge in [-0.15, -0.1) is 0 Å². The predicted octanol–water partition coefficient (Wildman–Crippen LogP) is 2.54. The van der Waals surface area contributed by atoms with Gasteiger partial charge in [-0.25, -0.2) is 0 Å². The Morgan fingerprint density at radius 1 is 1.20 bits per heavy atom. The van der Waals surface area contributed by atoms with E-state index in [0.29, 0.717) is 14.9 Å². The van der Waals surface area contributed by atoms with Crippen LogP contribution in [0.15, 0.2) is 29.4 Å². The fourth-order valence-electron chi connectivity index (χ4n) is 4.12. The molecule has 1 aromatic carbocycles. The van der Waals surface area contributed by atoms with E-state index >= 15 is 0 Å². The molecule has 2 bridgehead atoms. The van der Waals surface area contributed by atoms with Crippen molar-refractivity contribution in [2.45, 2.75) is 12.8 Å². The fourth-order valence-corrected chi connectivity index (χ4v) is 4.75. The number of halogens is 1. The van der Waals surface area contributed by atoms with E-state index in [0.717, 1.165) is 17.9 Å². The number of carbonyl (C=O) groups excluding carboxylic acids is 2. The second-order valence-electron chi connectivity index (χ2n) is 6.63. The normalized spacial score (nSPS) is 30.4. The van der Waals surface area contributed by atoms with Gasteiger partial charge in [-0.1, -0.05) is 12.2 Å². The monoisotopic (exact) mass is 452 g/mol. The second kappa shape index (κ2) is 6.12. The summed E-state index contributed by atoms with van der Waals surface area (Å²) in [5.41, 5.74) is 0.649. The number of hydrazone groups is 1. The number of hydrogen-bond donors (Lipinski definition) is 1. The summed E-state index contributed by atoms with van der Waals surface area (Å²) >= 11 is 1.99. The van der Waals surface area contributed by atoms with E-state index in [1.54, 1.807) is 12.1 Å². The van der Waals surface area contributed by atoms with Crippen molar-refractivity contribution < 1.29 is 19.4 Å². The van der Waals surface area contributed by atoms with E-state index < -0.39 is 0 Å². The molecule has 2 fully saturated rings. The molecule has 1 saturated carbocycles. The number of aromatic hydroxyl groups is 1. The molecule has 1 heterocycles. The number of carbonyl (C=O) groups is 2. The molecule has 3 aliphatic carbocycles. The highest BCUT2D eigenvalue weighted by atomic mass is 127. The van der Waals surface area contributed by atoms with Crippen molar-refractivity contribution in [1.82, 2.24) is 5.01 Å². The fraction of sp³-hybridized carbons (Fsp3) is 0.389. The minimum Gasteiger partial charge on any atom is -0.504 e. The van der Waals surface area contributed by atoms with Gasteiger partial charge in [0.15, 0.2) is 11.5 Å². The van der Waals surface area contributed by atoms with Crippen molar-refractivity contribution in [1.29, 1.82) is 0 Å². The Labute approximate surface area is 158 Å². The molecule has 0 spiro atoms. The smallest absolute Gasteiger partial charge is 0.254 e. The molecule has 0 unspecified atom stereocenters. The molecular weight excluding hydrogens is 435 g/mol. The van der Waals surface area contributed by atoms with Gasteiger partial charge in [0.05, 0.1) is 28.7 Å². The number of allylic oxidation sites excluding steroid dienone is 2. The standard InChI is InChI=1S/C18H17IN2O4/c1-25-13-7-9(6-12(19)16(13)22)8-20-21-17(23)14-10-2-3-11(5-4-10)15(14)18(21)24/h2-3,6-8,10-11,14-15,22H,4-5H2,1H3/b20-8-/t10-,11-,14-,15-/m1/s1. The first kappa shape index (κ1) is 16.6. The molecule has 2 amide bonds. The summed E-state index contributed by atoms with van der Waals surface area (Å²) in [6.07, 6.45) is 7.56. The maximum atomic E-state index is 12.7. The number of fused-ring (bicyclic) bond motifs is 1. The Morgan fingerprint density at radius 2 is 1.80 bits per heavy atom. The summed E-state index contributed by atoms with van der Waals surface area (Å²) < 4.78 is 5.73. The Morgan fingerprint density at radius 3 is 2.32 bits per heavy atom. The molecular formula is C18H17IN2O4. The minimum absolute atomic E-state index is 0.0576. The lowest BCUT2D eigenvalue weighted by atomic mass is 9.63. The van der Waals surface area contributed by atoms with Crippen LogP contribution in [0.25, 0.3) is 0 Å². The first-order valence-electron chi connectivity index (χ1n) is 8.18. The van der Waals surface area contributed by atoms with Gasteiger partial charge in [-0.3, -0.25) is 9.59 Å². The lowest BCUT2D eigenvalue weighted by Crippen LogP contribution is -2.38. The maximum absolute atomic E-state index is 12.7. The number of benzene rings is 1. The third kappa shape index (κ3) is 2.56. The SMILES string of the molecule is COc1cc(/C=N\N2C(=O)[C@H]3[C@H](C2=O)[C@@H]2C=C[C@@H]3CC2)cc(I)c1O. The minimum atomic E-state index is -0.261. The lowest BCUT2D eigenvalue weighted by molar-refractivity contribution is -0.140. The van der Waals surface area contributed by atoms with Crippen molar-refractivity contribution in [3.63, 3.8) is 0 Å². The van der Waals surface area contributed by atoms with Crippen molar-refractivity contribution in [3.05, 3.63) is 33.4 Å². The van der Waals surface area contributed by atoms with Gasteiger partial charge in [0.2, 0.25) is 0 Å². The third-order valence-electron chi connectivity index (χ3n) is 5.33. The van der Waals surface area contributed by atoms with Gasteiger partial charge < -0.3 is 9.84 Å². The number of hydrogen-bond acceptors (Lipinski definition) is 5. The molecule has 25 heavy (non-hydrogen) atoms. The first-order valence-corrected chi connectivity index (χ1v) is 9.25. The molecule has 6 nitrogen and oxygen atoms in total. The zero-order valence-corrected chi connectivity index (χ0v) is 15.7. The largest absolute Gasteiger partial charge is 0.504 e. The topological polar surface area (TPSA) is 79.2 Å². The average molecular weight is 452 g/mol. The molecule has 1 aromatic rings. The summed E-state index contributed by atoms with van der Waals surface area (Å²) in [6, 6.07) is 3.33. The Bertz CT molecular complexity index is 788. The quantitative estimate of drug-likeness (QED) is 0.331. The molecule has 4 aliphatic rings. The molecule has 4 atom stereocenters. The summed E-state index contributed by atoms with van der Waals surface area (Å²) in [5, 5.41) is 15.1. The van der Waals surface area contributed by atoms with Crippen LogP contribution in [0, 0.1) is 27.2 Å². The van der Waals surface area contributed by atoms with Crippen molar-refractivity contribution in [2.75, 3.05) is 7.11 Å². The van der Waals surface area contributed by atoms with Crippen LogP contribution in [0.1, 0.15) is 18.4 Å². The lowest BCUT2D eigenvalue weighted by Gasteiger charge is -2.37. The molecule has 1 N–H and O–H groups in total. The van der Waals surface area contributed by atoms with E-state index in [4.69, 9.17) is 4.74 Å². The summed E-state index contributed by atoms with van der Waals surface area (Å²) in [7, 11) is 1.47. The van der Waals surface area contributed by atoms with Crippen LogP contribution in [0.4, 0.5) is 0 Å². The molecule has 130 valence electrons. The van der Waals surface area contributed by atoms with Crippen LogP contribution < -0.4 is 4.74 Å². The van der Waals surface area contributed by atoms with Gasteiger partial charge in [0.25, 0.3) is 11.8 Å². The highest BCUT2D eigenvalue weighted by Crippen LogP contribution is 2.49. The number of imide groups is 1. The first-order chi connectivity index (χ1) is 12.0.